The number of carbonyl (C=O) groups is 3. The van der Waals surface area contributed by atoms with Gasteiger partial charge >= 0.3 is 12.1 Å². The Kier molecular flexibility index (Phi) is 7.16. The molecule has 2 atom stereocenters. The largest absolute Gasteiger partial charge is 0.480 e. The highest BCUT2D eigenvalue weighted by molar-refractivity contribution is 5.84. The Labute approximate surface area is 187 Å². The predicted octanol–water partition coefficient (Wildman–Crippen LogP) is 3.10. The number of hydrogen-bond acceptors (Lipinski definition) is 4. The zero-order valence-corrected chi connectivity index (χ0v) is 18.1. The Bertz CT molecular complexity index is 1010. The molecule has 0 aromatic heterocycles. The average molecular weight is 434 g/mol. The number of alkyl carbamates (subject to hydrolysis) is 1. The van der Waals surface area contributed by atoms with Gasteiger partial charge in [-0.25, -0.2) is 4.79 Å². The normalized spacial score (nSPS) is 13.8. The van der Waals surface area contributed by atoms with Crippen LogP contribution < -0.4 is 5.32 Å². The highest BCUT2D eigenvalue weighted by Crippen LogP contribution is 2.44. The van der Waals surface area contributed by atoms with Gasteiger partial charge in [0.15, 0.2) is 0 Å². The molecule has 2 amide bonds. The smallest absolute Gasteiger partial charge is 0.407 e. The van der Waals surface area contributed by atoms with Crippen molar-refractivity contribution < 1.29 is 24.2 Å². The average Bonchev–Trinajstić information content (AvgIpc) is 3.10. The molecule has 1 aliphatic carbocycles. The van der Waals surface area contributed by atoms with Crippen molar-refractivity contribution in [2.75, 3.05) is 19.7 Å². The monoisotopic (exact) mass is 434 g/mol. The molecule has 2 aromatic rings. The first-order valence-corrected chi connectivity index (χ1v) is 10.4. The first-order valence-electron chi connectivity index (χ1n) is 10.4. The third kappa shape index (κ3) is 4.92. The lowest BCUT2D eigenvalue weighted by molar-refractivity contribution is -0.145. The number of ether oxygens (including phenoxy) is 1. The number of nitrogens with one attached hydrogen (secondary N) is 1. The highest BCUT2D eigenvalue weighted by atomic mass is 16.5. The number of carboxylic acid groups (broad SMARTS) is 1. The molecule has 0 saturated carbocycles. The molecule has 1 aliphatic rings. The molecule has 3 rings (SSSR count). The van der Waals surface area contributed by atoms with E-state index in [0.717, 1.165) is 27.2 Å². The van der Waals surface area contributed by atoms with Crippen LogP contribution in [0.3, 0.4) is 0 Å². The van der Waals surface area contributed by atoms with Crippen LogP contribution in [0.1, 0.15) is 30.9 Å². The van der Waals surface area contributed by atoms with Crippen molar-refractivity contribution in [1.29, 1.82) is 0 Å². The van der Waals surface area contributed by atoms with Crippen LogP contribution in [0.4, 0.5) is 4.79 Å². The Morgan fingerprint density at radius 3 is 2.19 bits per heavy atom. The summed E-state index contributed by atoms with van der Waals surface area (Å²) in [5.74, 6) is -0.0591. The highest BCUT2D eigenvalue weighted by Gasteiger charge is 2.30. The number of benzene rings is 2. The van der Waals surface area contributed by atoms with Gasteiger partial charge in [0, 0.05) is 12.0 Å². The molecule has 0 bridgehead atoms. The fourth-order valence-corrected chi connectivity index (χ4v) is 3.94. The fourth-order valence-electron chi connectivity index (χ4n) is 3.94. The van der Waals surface area contributed by atoms with E-state index in [9.17, 15) is 14.4 Å². The van der Waals surface area contributed by atoms with E-state index in [4.69, 9.17) is 16.3 Å². The zero-order valence-electron chi connectivity index (χ0n) is 18.1. The molecule has 0 spiro atoms. The van der Waals surface area contributed by atoms with Crippen molar-refractivity contribution in [2.45, 2.75) is 25.8 Å². The van der Waals surface area contributed by atoms with E-state index < -0.39 is 36.5 Å². The minimum atomic E-state index is -1.15. The van der Waals surface area contributed by atoms with Crippen LogP contribution in [0, 0.1) is 18.3 Å². The van der Waals surface area contributed by atoms with Gasteiger partial charge in [0.05, 0.1) is 12.5 Å². The SMILES string of the molecule is C#CCN(CC(=O)O)C(=O)C(C)C(C)NC(=O)OCC1c2ccccc2-c2ccccc21. The second-order valence-corrected chi connectivity index (χ2v) is 7.84. The molecule has 0 fully saturated rings. The molecule has 166 valence electrons. The van der Waals surface area contributed by atoms with Crippen molar-refractivity contribution >= 4 is 18.0 Å². The van der Waals surface area contributed by atoms with E-state index in [2.05, 4.69) is 23.4 Å². The molecule has 7 heteroatoms. The van der Waals surface area contributed by atoms with E-state index >= 15 is 0 Å². The van der Waals surface area contributed by atoms with Gasteiger partial charge in [-0.3, -0.25) is 9.59 Å². The molecule has 2 N–H and O–H groups in total. The Balaban J connectivity index is 1.61. The quantitative estimate of drug-likeness (QED) is 0.623. The van der Waals surface area contributed by atoms with Crippen molar-refractivity contribution in [2.24, 2.45) is 5.92 Å². The topological polar surface area (TPSA) is 95.9 Å². The minimum absolute atomic E-state index is 0.0656. The van der Waals surface area contributed by atoms with E-state index in [1.807, 2.05) is 36.4 Å². The van der Waals surface area contributed by atoms with Gasteiger partial charge in [0.1, 0.15) is 13.2 Å². The maximum Gasteiger partial charge on any atom is 0.407 e. The van der Waals surface area contributed by atoms with Crippen molar-refractivity contribution in [3.63, 3.8) is 0 Å². The number of carboxylic acids is 1. The summed E-state index contributed by atoms with van der Waals surface area (Å²) in [5, 5.41) is 11.7. The van der Waals surface area contributed by atoms with Crippen LogP contribution >= 0.6 is 0 Å². The summed E-state index contributed by atoms with van der Waals surface area (Å²) in [6.45, 7) is 2.83. The van der Waals surface area contributed by atoms with Gasteiger partial charge in [0.2, 0.25) is 5.91 Å². The summed E-state index contributed by atoms with van der Waals surface area (Å²) in [6, 6.07) is 15.5. The third-order valence-electron chi connectivity index (χ3n) is 5.75. The number of nitrogens with zero attached hydrogens (tertiary/aromatic N) is 1. The van der Waals surface area contributed by atoms with Crippen LogP contribution in [-0.2, 0) is 14.3 Å². The Morgan fingerprint density at radius 2 is 1.66 bits per heavy atom. The summed E-state index contributed by atoms with van der Waals surface area (Å²) in [6.07, 6.45) is 4.60. The van der Waals surface area contributed by atoms with E-state index in [1.165, 1.54) is 0 Å². The fraction of sp³-hybridized carbons (Fsp3) is 0.320. The van der Waals surface area contributed by atoms with Gasteiger partial charge in [-0.2, -0.15) is 0 Å². The molecule has 2 aromatic carbocycles. The molecule has 32 heavy (non-hydrogen) atoms. The first-order chi connectivity index (χ1) is 15.3. The molecule has 0 aliphatic heterocycles. The van der Waals surface area contributed by atoms with Crippen molar-refractivity contribution in [3.05, 3.63) is 59.7 Å². The molecule has 7 nitrogen and oxygen atoms in total. The summed E-state index contributed by atoms with van der Waals surface area (Å²) >= 11 is 0. The lowest BCUT2D eigenvalue weighted by Crippen LogP contribution is -2.47. The van der Waals surface area contributed by atoms with Crippen LogP contribution in [-0.4, -0.2) is 53.7 Å². The van der Waals surface area contributed by atoms with Crippen LogP contribution in [0.2, 0.25) is 0 Å². The van der Waals surface area contributed by atoms with Crippen LogP contribution in [0.25, 0.3) is 11.1 Å². The zero-order chi connectivity index (χ0) is 23.3. The standard InChI is InChI=1S/C25H26N2O5/c1-4-13-27(14-23(28)29)24(30)16(2)17(3)26-25(31)32-15-22-20-11-7-5-9-18(20)19-10-6-8-12-21(19)22/h1,5-12,16-17,22H,13-15H2,2-3H3,(H,26,31)(H,28,29). The first kappa shape index (κ1) is 22.9. The third-order valence-corrected chi connectivity index (χ3v) is 5.75. The number of fused-ring (bicyclic) bond motifs is 3. The Morgan fingerprint density at radius 1 is 1.09 bits per heavy atom. The molecule has 0 heterocycles. The number of terminal acetylenes is 1. The van der Waals surface area contributed by atoms with Gasteiger partial charge in [-0.05, 0) is 29.2 Å². The predicted molar refractivity (Wildman–Crippen MR) is 120 cm³/mol. The van der Waals surface area contributed by atoms with E-state index in [0.29, 0.717) is 0 Å². The van der Waals surface area contributed by atoms with Gasteiger partial charge in [-0.15, -0.1) is 6.42 Å². The second-order valence-electron chi connectivity index (χ2n) is 7.84. The van der Waals surface area contributed by atoms with Gasteiger partial charge < -0.3 is 20.1 Å². The molecular formula is C25H26N2O5. The van der Waals surface area contributed by atoms with E-state index in [1.54, 1.807) is 13.8 Å². The lowest BCUT2D eigenvalue weighted by atomic mass is 9.98. The number of aliphatic carboxylic acids is 1. The molecular weight excluding hydrogens is 408 g/mol. The van der Waals surface area contributed by atoms with Crippen LogP contribution in [0.5, 0.6) is 0 Å². The van der Waals surface area contributed by atoms with Crippen molar-refractivity contribution in [1.82, 2.24) is 10.2 Å². The summed E-state index contributed by atoms with van der Waals surface area (Å²) < 4.78 is 5.51. The minimum Gasteiger partial charge on any atom is -0.480 e. The number of carbonyl (C=O) groups excluding carboxylic acids is 2. The van der Waals surface area contributed by atoms with Crippen molar-refractivity contribution in [3.8, 4) is 23.5 Å². The summed E-state index contributed by atoms with van der Waals surface area (Å²) in [7, 11) is 0. The summed E-state index contributed by atoms with van der Waals surface area (Å²) in [5.41, 5.74) is 4.49. The number of hydrogen-bond donors (Lipinski definition) is 2. The van der Waals surface area contributed by atoms with Crippen LogP contribution in [0.15, 0.2) is 48.5 Å². The van der Waals surface area contributed by atoms with Gasteiger partial charge in [0.25, 0.3) is 0 Å². The maximum atomic E-state index is 12.6. The van der Waals surface area contributed by atoms with E-state index in [-0.39, 0.29) is 19.1 Å². The summed E-state index contributed by atoms with van der Waals surface area (Å²) in [4.78, 5) is 37.1. The lowest BCUT2D eigenvalue weighted by Gasteiger charge is -2.26. The Hall–Kier alpha value is -3.79. The molecule has 0 radical (unpaired) electrons. The number of rotatable bonds is 8. The number of amides is 2. The molecule has 2 unspecified atom stereocenters. The van der Waals surface area contributed by atoms with Gasteiger partial charge in [-0.1, -0.05) is 61.4 Å². The maximum absolute atomic E-state index is 12.6. The molecule has 0 saturated heterocycles. The second kappa shape index (κ2) is 10.0.